The zero-order valence-corrected chi connectivity index (χ0v) is 16.1. The van der Waals surface area contributed by atoms with Gasteiger partial charge in [0.25, 0.3) is 5.91 Å². The molecule has 1 aliphatic heterocycles. The Morgan fingerprint density at radius 1 is 1.10 bits per heavy atom. The van der Waals surface area contributed by atoms with E-state index in [4.69, 9.17) is 0 Å². The van der Waals surface area contributed by atoms with Crippen molar-refractivity contribution in [1.82, 2.24) is 19.9 Å². The first kappa shape index (κ1) is 19.1. The lowest BCUT2D eigenvalue weighted by Crippen LogP contribution is -2.38. The molecule has 6 heteroatoms. The summed E-state index contributed by atoms with van der Waals surface area (Å²) in [6.07, 6.45) is 8.55. The smallest absolute Gasteiger partial charge is 0.276 e. The Hall–Kier alpha value is -3.28. The van der Waals surface area contributed by atoms with Crippen LogP contribution in [0.5, 0.6) is 0 Å². The van der Waals surface area contributed by atoms with Crippen LogP contribution in [0.3, 0.4) is 0 Å². The number of hydrogen-bond acceptors (Lipinski definition) is 3. The Morgan fingerprint density at radius 2 is 1.90 bits per heavy atom. The van der Waals surface area contributed by atoms with Crippen LogP contribution in [0.2, 0.25) is 0 Å². The molecule has 0 aliphatic carbocycles. The predicted octanol–water partition coefficient (Wildman–Crippen LogP) is 4.50. The Labute approximate surface area is 169 Å². The van der Waals surface area contributed by atoms with E-state index in [0.29, 0.717) is 18.8 Å². The summed E-state index contributed by atoms with van der Waals surface area (Å²) in [5.74, 6) is -0.397. The van der Waals surface area contributed by atoms with E-state index in [2.05, 4.69) is 10.3 Å². The van der Waals surface area contributed by atoms with Gasteiger partial charge in [0.2, 0.25) is 0 Å². The van der Waals surface area contributed by atoms with E-state index in [0.717, 1.165) is 30.4 Å². The minimum Gasteiger partial charge on any atom is -0.330 e. The molecule has 0 radical (unpaired) electrons. The summed E-state index contributed by atoms with van der Waals surface area (Å²) in [6.45, 7) is 1.21. The molecular weight excluding hydrogens is 367 g/mol. The van der Waals surface area contributed by atoms with Crippen LogP contribution >= 0.6 is 0 Å². The zero-order valence-electron chi connectivity index (χ0n) is 16.1. The molecular formula is C23H23FN4O. The summed E-state index contributed by atoms with van der Waals surface area (Å²) >= 11 is 0. The molecule has 1 aromatic heterocycles. The molecule has 1 atom stereocenters. The number of halogens is 1. The number of carbonyl (C=O) groups excluding carboxylic acids is 1. The number of likely N-dealkylation sites (tertiary alicyclic amines) is 1. The Morgan fingerprint density at radius 3 is 2.69 bits per heavy atom. The van der Waals surface area contributed by atoms with Crippen LogP contribution in [-0.2, 0) is 6.54 Å². The lowest BCUT2D eigenvalue weighted by molar-refractivity contribution is 0.0605. The number of piperidine rings is 1. The van der Waals surface area contributed by atoms with E-state index >= 15 is 0 Å². The van der Waals surface area contributed by atoms with E-state index in [9.17, 15) is 9.18 Å². The molecule has 1 fully saturated rings. The first-order valence-electron chi connectivity index (χ1n) is 9.89. The Kier molecular flexibility index (Phi) is 5.79. The molecule has 4 rings (SSSR count). The highest BCUT2D eigenvalue weighted by molar-refractivity contribution is 5.92. The van der Waals surface area contributed by atoms with Crippen molar-refractivity contribution >= 4 is 12.0 Å². The van der Waals surface area contributed by atoms with Gasteiger partial charge in [-0.2, -0.15) is 0 Å². The fraction of sp³-hybridized carbons (Fsp3) is 0.261. The van der Waals surface area contributed by atoms with Gasteiger partial charge in [-0.3, -0.25) is 4.79 Å². The number of amides is 1. The average Bonchev–Trinajstić information content (AvgIpc) is 3.23. The monoisotopic (exact) mass is 390 g/mol. The molecule has 0 saturated carbocycles. The third-order valence-corrected chi connectivity index (χ3v) is 5.18. The van der Waals surface area contributed by atoms with Crippen LogP contribution in [0.1, 0.15) is 46.9 Å². The largest absolute Gasteiger partial charge is 0.330 e. The van der Waals surface area contributed by atoms with Gasteiger partial charge in [0.15, 0.2) is 5.69 Å². The van der Waals surface area contributed by atoms with Crippen LogP contribution < -0.4 is 0 Å². The van der Waals surface area contributed by atoms with Crippen molar-refractivity contribution in [3.05, 3.63) is 89.5 Å². The van der Waals surface area contributed by atoms with E-state index in [-0.39, 0.29) is 17.8 Å². The van der Waals surface area contributed by atoms with Crippen molar-refractivity contribution in [3.8, 4) is 0 Å². The molecule has 2 heterocycles. The summed E-state index contributed by atoms with van der Waals surface area (Å²) in [4.78, 5) is 14.9. The second-order valence-electron chi connectivity index (χ2n) is 7.20. The maximum Gasteiger partial charge on any atom is 0.276 e. The third-order valence-electron chi connectivity index (χ3n) is 5.18. The van der Waals surface area contributed by atoms with Crippen LogP contribution in [0.15, 0.2) is 66.9 Å². The summed E-state index contributed by atoms with van der Waals surface area (Å²) in [5.41, 5.74) is 2.41. The highest BCUT2D eigenvalue weighted by Gasteiger charge is 2.30. The number of aromatic nitrogens is 3. The van der Waals surface area contributed by atoms with Gasteiger partial charge >= 0.3 is 0 Å². The van der Waals surface area contributed by atoms with Gasteiger partial charge in [0, 0.05) is 6.54 Å². The number of nitrogens with zero attached hydrogens (tertiary/aromatic N) is 4. The number of benzene rings is 2. The van der Waals surface area contributed by atoms with E-state index in [1.807, 2.05) is 47.4 Å². The minimum atomic E-state index is -0.270. The summed E-state index contributed by atoms with van der Waals surface area (Å²) in [7, 11) is 0. The van der Waals surface area contributed by atoms with Crippen molar-refractivity contribution in [2.24, 2.45) is 0 Å². The highest BCUT2D eigenvalue weighted by Crippen LogP contribution is 2.31. The van der Waals surface area contributed by atoms with Gasteiger partial charge in [-0.25, -0.2) is 9.07 Å². The van der Waals surface area contributed by atoms with Crippen molar-refractivity contribution in [3.63, 3.8) is 0 Å². The summed E-state index contributed by atoms with van der Waals surface area (Å²) in [5, 5.41) is 8.18. The maximum absolute atomic E-state index is 13.3. The second-order valence-corrected chi connectivity index (χ2v) is 7.20. The molecule has 1 amide bonds. The summed E-state index contributed by atoms with van der Waals surface area (Å²) < 4.78 is 14.9. The predicted molar refractivity (Wildman–Crippen MR) is 110 cm³/mol. The van der Waals surface area contributed by atoms with Gasteiger partial charge in [-0.05, 0) is 42.5 Å². The van der Waals surface area contributed by atoms with Gasteiger partial charge in [-0.1, -0.05) is 59.8 Å². The Bertz CT molecular complexity index is 982. The topological polar surface area (TPSA) is 51.0 Å². The standard InChI is InChI=1S/C23H23FN4O/c24-20-13-11-19(12-14-20)22-10-4-5-16-28(22)23(29)21-17-27(26-25-21)15-6-9-18-7-2-1-3-8-18/h1-3,6-9,11-14,17,22H,4-5,10,15-16H2/b9-6+. The molecule has 29 heavy (non-hydrogen) atoms. The minimum absolute atomic E-state index is 0.0556. The van der Waals surface area contributed by atoms with Gasteiger partial charge in [0.1, 0.15) is 5.82 Å². The van der Waals surface area contributed by atoms with E-state index in [1.54, 1.807) is 23.0 Å². The molecule has 2 aromatic carbocycles. The van der Waals surface area contributed by atoms with Crippen molar-refractivity contribution in [2.75, 3.05) is 6.54 Å². The van der Waals surface area contributed by atoms with Gasteiger partial charge < -0.3 is 4.90 Å². The lowest BCUT2D eigenvalue weighted by Gasteiger charge is -2.35. The van der Waals surface area contributed by atoms with Crippen LogP contribution in [0.4, 0.5) is 4.39 Å². The number of rotatable bonds is 5. The first-order chi connectivity index (χ1) is 14.2. The van der Waals surface area contributed by atoms with Gasteiger partial charge in [0.05, 0.1) is 18.8 Å². The number of allylic oxidation sites excluding steroid dienone is 1. The van der Waals surface area contributed by atoms with Crippen LogP contribution in [0, 0.1) is 5.82 Å². The average molecular weight is 390 g/mol. The molecule has 148 valence electrons. The van der Waals surface area contributed by atoms with Crippen molar-refractivity contribution in [2.45, 2.75) is 31.8 Å². The zero-order chi connectivity index (χ0) is 20.1. The van der Waals surface area contributed by atoms with E-state index < -0.39 is 0 Å². The SMILES string of the molecule is O=C(c1cn(C/C=C/c2ccccc2)nn1)N1CCCCC1c1ccc(F)cc1. The third kappa shape index (κ3) is 4.59. The number of hydrogen-bond donors (Lipinski definition) is 0. The summed E-state index contributed by atoms with van der Waals surface area (Å²) in [6, 6.07) is 16.4. The molecule has 1 aliphatic rings. The molecule has 3 aromatic rings. The number of carbonyl (C=O) groups is 1. The molecule has 1 saturated heterocycles. The molecule has 0 spiro atoms. The normalized spacial score (nSPS) is 17.0. The molecule has 1 unspecified atom stereocenters. The van der Waals surface area contributed by atoms with Gasteiger partial charge in [-0.15, -0.1) is 5.10 Å². The first-order valence-corrected chi connectivity index (χ1v) is 9.89. The van der Waals surface area contributed by atoms with E-state index in [1.165, 1.54) is 12.1 Å². The molecule has 0 N–H and O–H groups in total. The van der Waals surface area contributed by atoms with Crippen LogP contribution in [-0.4, -0.2) is 32.3 Å². The lowest BCUT2D eigenvalue weighted by atomic mass is 9.95. The highest BCUT2D eigenvalue weighted by atomic mass is 19.1. The van der Waals surface area contributed by atoms with Crippen molar-refractivity contribution in [1.29, 1.82) is 0 Å². The maximum atomic E-state index is 13.3. The quantitative estimate of drug-likeness (QED) is 0.645. The Balaban J connectivity index is 1.45. The molecule has 5 nitrogen and oxygen atoms in total. The molecule has 0 bridgehead atoms. The van der Waals surface area contributed by atoms with Crippen LogP contribution in [0.25, 0.3) is 6.08 Å². The second kappa shape index (κ2) is 8.82. The fourth-order valence-corrected chi connectivity index (χ4v) is 3.70. The fourth-order valence-electron chi connectivity index (χ4n) is 3.70. The van der Waals surface area contributed by atoms with Crippen molar-refractivity contribution < 1.29 is 9.18 Å².